The Morgan fingerprint density at radius 2 is 2.15 bits per heavy atom. The van der Waals surface area contributed by atoms with E-state index < -0.39 is 11.4 Å². The molecular weight excluding hydrogens is 336 g/mol. The van der Waals surface area contributed by atoms with Crippen LogP contribution in [0.1, 0.15) is 37.4 Å². The van der Waals surface area contributed by atoms with E-state index in [-0.39, 0.29) is 5.92 Å². The average molecular weight is 364 g/mol. The van der Waals surface area contributed by atoms with E-state index >= 15 is 0 Å². The highest BCUT2D eigenvalue weighted by atomic mass is 16.5. The van der Waals surface area contributed by atoms with Crippen molar-refractivity contribution in [2.75, 3.05) is 39.9 Å². The lowest BCUT2D eigenvalue weighted by molar-refractivity contribution is -0.149. The van der Waals surface area contributed by atoms with E-state index in [0.29, 0.717) is 50.4 Å². The maximum Gasteiger partial charge on any atom is 0.312 e. The summed E-state index contributed by atoms with van der Waals surface area (Å²) in [6, 6.07) is 0.588. The maximum absolute atomic E-state index is 12.2. The van der Waals surface area contributed by atoms with Crippen LogP contribution in [-0.4, -0.2) is 77.0 Å². The van der Waals surface area contributed by atoms with Gasteiger partial charge in [-0.25, -0.2) is 0 Å². The Morgan fingerprint density at radius 1 is 1.35 bits per heavy atom. The van der Waals surface area contributed by atoms with Gasteiger partial charge in [0.15, 0.2) is 5.82 Å². The van der Waals surface area contributed by atoms with Crippen LogP contribution in [0.3, 0.4) is 0 Å². The van der Waals surface area contributed by atoms with Crippen molar-refractivity contribution in [1.29, 1.82) is 0 Å². The molecule has 8 nitrogen and oxygen atoms in total. The van der Waals surface area contributed by atoms with Gasteiger partial charge in [0.25, 0.3) is 0 Å². The SMILES string of the molecule is COCCc1noc(CN2C[C@@H]3CN(C4CCCC4)C[C@]3(C(=O)O)C2)n1. The number of aliphatic carboxylic acids is 1. The molecule has 0 radical (unpaired) electrons. The molecule has 0 unspecified atom stereocenters. The number of nitrogens with zero attached hydrogens (tertiary/aromatic N) is 4. The van der Waals surface area contributed by atoms with Gasteiger partial charge in [0.2, 0.25) is 5.89 Å². The molecule has 0 aromatic carbocycles. The van der Waals surface area contributed by atoms with E-state index in [1.807, 2.05) is 0 Å². The van der Waals surface area contributed by atoms with Crippen molar-refractivity contribution in [3.63, 3.8) is 0 Å². The number of ether oxygens (including phenoxy) is 1. The molecule has 2 saturated heterocycles. The lowest BCUT2D eigenvalue weighted by Crippen LogP contribution is -2.42. The lowest BCUT2D eigenvalue weighted by Gasteiger charge is -2.28. The van der Waals surface area contributed by atoms with Crippen LogP contribution in [0.5, 0.6) is 0 Å². The molecule has 2 atom stereocenters. The highest BCUT2D eigenvalue weighted by molar-refractivity contribution is 5.77. The number of fused-ring (bicyclic) bond motifs is 1. The van der Waals surface area contributed by atoms with E-state index in [2.05, 4.69) is 19.9 Å². The topological polar surface area (TPSA) is 91.9 Å². The molecule has 3 heterocycles. The number of methoxy groups -OCH3 is 1. The highest BCUT2D eigenvalue weighted by Gasteiger charge is 2.58. The predicted octanol–water partition coefficient (Wildman–Crippen LogP) is 1.02. The molecule has 3 aliphatic rings. The molecule has 2 aliphatic heterocycles. The number of carboxylic acids is 1. The normalized spacial score (nSPS) is 30.3. The minimum atomic E-state index is -0.656. The molecule has 8 heteroatoms. The molecule has 1 aliphatic carbocycles. The molecule has 26 heavy (non-hydrogen) atoms. The lowest BCUT2D eigenvalue weighted by atomic mass is 9.81. The Kier molecular flexibility index (Phi) is 4.98. The van der Waals surface area contributed by atoms with Gasteiger partial charge in [0.05, 0.1) is 18.6 Å². The molecule has 1 aromatic rings. The van der Waals surface area contributed by atoms with Crippen LogP contribution in [0, 0.1) is 11.3 Å². The number of carbonyl (C=O) groups is 1. The van der Waals surface area contributed by atoms with Crippen molar-refractivity contribution in [3.8, 4) is 0 Å². The van der Waals surface area contributed by atoms with E-state index in [9.17, 15) is 9.90 Å². The maximum atomic E-state index is 12.2. The summed E-state index contributed by atoms with van der Waals surface area (Å²) in [5.74, 6) is 0.721. The second-order valence-electron chi connectivity index (χ2n) is 8.04. The van der Waals surface area contributed by atoms with Crippen LogP contribution in [0.15, 0.2) is 4.52 Å². The van der Waals surface area contributed by atoms with Gasteiger partial charge in [-0.1, -0.05) is 18.0 Å². The van der Waals surface area contributed by atoms with Crippen molar-refractivity contribution in [2.45, 2.75) is 44.7 Å². The monoisotopic (exact) mass is 364 g/mol. The van der Waals surface area contributed by atoms with E-state index in [1.54, 1.807) is 7.11 Å². The van der Waals surface area contributed by atoms with Crippen molar-refractivity contribution in [2.24, 2.45) is 11.3 Å². The second kappa shape index (κ2) is 7.25. The first-order chi connectivity index (χ1) is 12.6. The summed E-state index contributed by atoms with van der Waals surface area (Å²) >= 11 is 0. The van der Waals surface area contributed by atoms with Gasteiger partial charge in [-0.3, -0.25) is 14.6 Å². The summed E-state index contributed by atoms with van der Waals surface area (Å²) in [6.45, 7) is 4.00. The Bertz CT molecular complexity index is 645. The zero-order valence-corrected chi connectivity index (χ0v) is 15.4. The molecule has 4 rings (SSSR count). The molecular formula is C18H28N4O4. The van der Waals surface area contributed by atoms with Crippen molar-refractivity contribution >= 4 is 5.97 Å². The summed E-state index contributed by atoms with van der Waals surface area (Å²) < 4.78 is 10.4. The van der Waals surface area contributed by atoms with Crippen LogP contribution in [0.25, 0.3) is 0 Å². The standard InChI is InChI=1S/C18H28N4O4/c1-25-7-6-15-19-16(26-20-15)10-21-8-13-9-22(14-4-2-3-5-14)12-18(13,11-21)17(23)24/h13-14H,2-12H2,1H3,(H,23,24)/t13-,18-/m1/s1. The Balaban J connectivity index is 1.40. The number of hydrogen-bond acceptors (Lipinski definition) is 7. The third kappa shape index (κ3) is 3.25. The average Bonchev–Trinajstić information content (AvgIpc) is 3.36. The summed E-state index contributed by atoms with van der Waals surface area (Å²) in [4.78, 5) is 21.2. The molecule has 1 saturated carbocycles. The molecule has 0 bridgehead atoms. The first-order valence-electron chi connectivity index (χ1n) is 9.61. The number of rotatable bonds is 7. The quantitative estimate of drug-likeness (QED) is 0.767. The smallest absolute Gasteiger partial charge is 0.312 e. The number of likely N-dealkylation sites (tertiary alicyclic amines) is 2. The number of aromatic nitrogens is 2. The third-order valence-corrected chi connectivity index (χ3v) is 6.37. The number of carboxylic acid groups (broad SMARTS) is 1. The van der Waals surface area contributed by atoms with E-state index in [4.69, 9.17) is 9.26 Å². The fourth-order valence-corrected chi connectivity index (χ4v) is 5.02. The predicted molar refractivity (Wildman–Crippen MR) is 92.5 cm³/mol. The van der Waals surface area contributed by atoms with Crippen LogP contribution < -0.4 is 0 Å². The fourth-order valence-electron chi connectivity index (χ4n) is 5.02. The molecule has 1 N–H and O–H groups in total. The van der Waals surface area contributed by atoms with Crippen molar-refractivity contribution in [3.05, 3.63) is 11.7 Å². The van der Waals surface area contributed by atoms with Gasteiger partial charge in [0.1, 0.15) is 0 Å². The Labute approximate surface area is 153 Å². The largest absolute Gasteiger partial charge is 0.481 e. The first-order valence-corrected chi connectivity index (χ1v) is 9.61. The summed E-state index contributed by atoms with van der Waals surface area (Å²) in [6.07, 6.45) is 5.62. The second-order valence-corrected chi connectivity index (χ2v) is 8.04. The van der Waals surface area contributed by atoms with E-state index in [0.717, 1.165) is 13.1 Å². The molecule has 0 spiro atoms. The Hall–Kier alpha value is -1.51. The summed E-state index contributed by atoms with van der Waals surface area (Å²) in [7, 11) is 1.64. The van der Waals surface area contributed by atoms with Gasteiger partial charge < -0.3 is 14.4 Å². The van der Waals surface area contributed by atoms with E-state index in [1.165, 1.54) is 25.7 Å². The molecule has 0 amide bonds. The van der Waals surface area contributed by atoms with Gasteiger partial charge >= 0.3 is 5.97 Å². The molecule has 144 valence electrons. The molecule has 1 aromatic heterocycles. The zero-order chi connectivity index (χ0) is 18.1. The Morgan fingerprint density at radius 3 is 2.85 bits per heavy atom. The van der Waals surface area contributed by atoms with Gasteiger partial charge in [-0.2, -0.15) is 4.98 Å². The first kappa shape index (κ1) is 17.9. The van der Waals surface area contributed by atoms with Crippen LogP contribution >= 0.6 is 0 Å². The minimum Gasteiger partial charge on any atom is -0.481 e. The van der Waals surface area contributed by atoms with Crippen molar-refractivity contribution < 1.29 is 19.2 Å². The zero-order valence-electron chi connectivity index (χ0n) is 15.4. The minimum absolute atomic E-state index is 0.177. The van der Waals surface area contributed by atoms with Gasteiger partial charge in [0, 0.05) is 51.7 Å². The van der Waals surface area contributed by atoms with Crippen LogP contribution in [0.4, 0.5) is 0 Å². The molecule has 3 fully saturated rings. The summed E-state index contributed by atoms with van der Waals surface area (Å²) in [5, 5.41) is 14.0. The van der Waals surface area contributed by atoms with Crippen LogP contribution in [0.2, 0.25) is 0 Å². The van der Waals surface area contributed by atoms with Gasteiger partial charge in [-0.15, -0.1) is 0 Å². The number of hydrogen-bond donors (Lipinski definition) is 1. The highest BCUT2D eigenvalue weighted by Crippen LogP contribution is 2.45. The van der Waals surface area contributed by atoms with Crippen molar-refractivity contribution in [1.82, 2.24) is 19.9 Å². The van der Waals surface area contributed by atoms with Gasteiger partial charge in [-0.05, 0) is 12.8 Å². The van der Waals surface area contributed by atoms with Crippen LogP contribution in [-0.2, 0) is 22.5 Å². The third-order valence-electron chi connectivity index (χ3n) is 6.37. The summed E-state index contributed by atoms with van der Waals surface area (Å²) in [5.41, 5.74) is -0.651. The fraction of sp³-hybridized carbons (Fsp3) is 0.833.